The third kappa shape index (κ3) is 5.31. The molecule has 0 unspecified atom stereocenters. The molecule has 0 saturated heterocycles. The van der Waals surface area contributed by atoms with Gasteiger partial charge >= 0.3 is 12.0 Å². The molecule has 0 aromatic heterocycles. The van der Waals surface area contributed by atoms with E-state index in [0.717, 1.165) is 5.56 Å². The summed E-state index contributed by atoms with van der Waals surface area (Å²) < 4.78 is 5.02. The molecule has 0 spiro atoms. The molecule has 0 fully saturated rings. The number of para-hydroxylation sites is 1. The van der Waals surface area contributed by atoms with E-state index in [9.17, 15) is 14.7 Å². The Kier molecular flexibility index (Phi) is 6.19. The summed E-state index contributed by atoms with van der Waals surface area (Å²) in [5, 5.41) is 14.6. The molecular weight excluding hydrogens is 308 g/mol. The lowest BCUT2D eigenvalue weighted by Gasteiger charge is -2.18. The van der Waals surface area contributed by atoms with Crippen LogP contribution in [-0.4, -0.2) is 29.8 Å². The van der Waals surface area contributed by atoms with Gasteiger partial charge in [0.05, 0.1) is 6.61 Å². The van der Waals surface area contributed by atoms with Crippen LogP contribution in [0, 0.1) is 0 Å². The van der Waals surface area contributed by atoms with Crippen molar-refractivity contribution in [3.05, 3.63) is 60.2 Å². The Bertz CT molecular complexity index is 671. The molecule has 1 atom stereocenters. The number of phenols is 1. The van der Waals surface area contributed by atoms with Crippen molar-refractivity contribution in [3.63, 3.8) is 0 Å². The quantitative estimate of drug-likeness (QED) is 0.712. The summed E-state index contributed by atoms with van der Waals surface area (Å²) >= 11 is 0. The topological polar surface area (TPSA) is 87.7 Å². The zero-order chi connectivity index (χ0) is 17.4. The first-order valence-electron chi connectivity index (χ1n) is 7.65. The van der Waals surface area contributed by atoms with Gasteiger partial charge in [0.25, 0.3) is 0 Å². The number of anilines is 1. The number of ether oxygens (including phenoxy) is 1. The summed E-state index contributed by atoms with van der Waals surface area (Å²) in [6.07, 6.45) is 0.265. The van der Waals surface area contributed by atoms with Crippen LogP contribution in [0.2, 0.25) is 0 Å². The Morgan fingerprint density at radius 1 is 1.08 bits per heavy atom. The van der Waals surface area contributed by atoms with Crippen molar-refractivity contribution in [1.82, 2.24) is 5.32 Å². The first kappa shape index (κ1) is 17.3. The maximum atomic E-state index is 12.1. The molecule has 0 aliphatic carbocycles. The predicted molar refractivity (Wildman–Crippen MR) is 90.8 cm³/mol. The zero-order valence-electron chi connectivity index (χ0n) is 13.4. The number of phenolic OH excluding ortho intramolecular Hbond substituents is 1. The van der Waals surface area contributed by atoms with Gasteiger partial charge < -0.3 is 20.5 Å². The molecule has 0 heterocycles. The average molecular weight is 328 g/mol. The highest BCUT2D eigenvalue weighted by molar-refractivity contribution is 5.92. The molecule has 6 heteroatoms. The molecule has 0 aliphatic rings. The number of carbonyl (C=O) groups is 2. The van der Waals surface area contributed by atoms with Gasteiger partial charge in [-0.3, -0.25) is 0 Å². The maximum absolute atomic E-state index is 12.1. The summed E-state index contributed by atoms with van der Waals surface area (Å²) in [6, 6.07) is 14.1. The summed E-state index contributed by atoms with van der Waals surface area (Å²) in [6.45, 7) is 1.94. The molecule has 3 N–H and O–H groups in total. The number of aromatic hydroxyl groups is 1. The molecule has 6 nitrogen and oxygen atoms in total. The van der Waals surface area contributed by atoms with E-state index in [1.165, 1.54) is 12.1 Å². The molecule has 24 heavy (non-hydrogen) atoms. The first-order valence-corrected chi connectivity index (χ1v) is 7.65. The molecule has 0 aliphatic heterocycles. The van der Waals surface area contributed by atoms with E-state index in [4.69, 9.17) is 4.74 Å². The van der Waals surface area contributed by atoms with Gasteiger partial charge in [-0.05, 0) is 36.8 Å². The van der Waals surface area contributed by atoms with Crippen molar-refractivity contribution in [3.8, 4) is 5.75 Å². The number of urea groups is 1. The SMILES string of the molecule is CCOC(=O)[C@H](Cc1ccc(O)cc1)NC(=O)Nc1ccccc1. The molecule has 2 aromatic carbocycles. The van der Waals surface area contributed by atoms with Crippen LogP contribution in [0.15, 0.2) is 54.6 Å². The van der Waals surface area contributed by atoms with Crippen molar-refractivity contribution < 1.29 is 19.4 Å². The average Bonchev–Trinajstić information content (AvgIpc) is 2.57. The van der Waals surface area contributed by atoms with Gasteiger partial charge in [-0.15, -0.1) is 0 Å². The second-order valence-corrected chi connectivity index (χ2v) is 5.14. The Hall–Kier alpha value is -3.02. The fourth-order valence-corrected chi connectivity index (χ4v) is 2.15. The van der Waals surface area contributed by atoms with Crippen molar-refractivity contribution >= 4 is 17.7 Å². The normalized spacial score (nSPS) is 11.4. The van der Waals surface area contributed by atoms with Crippen LogP contribution in [0.1, 0.15) is 12.5 Å². The fourth-order valence-electron chi connectivity index (χ4n) is 2.15. The Morgan fingerprint density at radius 3 is 2.38 bits per heavy atom. The van der Waals surface area contributed by atoms with E-state index in [1.54, 1.807) is 43.3 Å². The summed E-state index contributed by atoms with van der Waals surface area (Å²) in [7, 11) is 0. The second-order valence-electron chi connectivity index (χ2n) is 5.14. The standard InChI is InChI=1S/C18H20N2O4/c1-2-24-17(22)16(12-13-8-10-15(21)11-9-13)20-18(23)19-14-6-4-3-5-7-14/h3-11,16,21H,2,12H2,1H3,(H2,19,20,23)/t16-/m0/s1. The van der Waals surface area contributed by atoms with Crippen LogP contribution < -0.4 is 10.6 Å². The number of esters is 1. The molecule has 2 rings (SSSR count). The number of hydrogen-bond donors (Lipinski definition) is 3. The number of hydrogen-bond acceptors (Lipinski definition) is 4. The molecule has 2 amide bonds. The number of carbonyl (C=O) groups excluding carboxylic acids is 2. The van der Waals surface area contributed by atoms with Crippen molar-refractivity contribution in [2.24, 2.45) is 0 Å². The Balaban J connectivity index is 2.03. The summed E-state index contributed by atoms with van der Waals surface area (Å²) in [5.41, 5.74) is 1.42. The van der Waals surface area contributed by atoms with E-state index >= 15 is 0 Å². The van der Waals surface area contributed by atoms with Gasteiger partial charge in [0.1, 0.15) is 11.8 Å². The lowest BCUT2D eigenvalue weighted by atomic mass is 10.1. The van der Waals surface area contributed by atoms with E-state index in [2.05, 4.69) is 10.6 Å². The summed E-state index contributed by atoms with van der Waals surface area (Å²) in [4.78, 5) is 24.2. The second kappa shape index (κ2) is 8.57. The third-order valence-electron chi connectivity index (χ3n) is 3.28. The Labute approximate surface area is 140 Å². The molecule has 0 radical (unpaired) electrons. The lowest BCUT2D eigenvalue weighted by molar-refractivity contribution is -0.145. The van der Waals surface area contributed by atoms with E-state index in [1.807, 2.05) is 6.07 Å². The van der Waals surface area contributed by atoms with Gasteiger partial charge in [-0.25, -0.2) is 9.59 Å². The molecular formula is C18H20N2O4. The third-order valence-corrected chi connectivity index (χ3v) is 3.28. The minimum absolute atomic E-state index is 0.140. The highest BCUT2D eigenvalue weighted by Crippen LogP contribution is 2.12. The van der Waals surface area contributed by atoms with Crippen LogP contribution >= 0.6 is 0 Å². The zero-order valence-corrected chi connectivity index (χ0v) is 13.4. The van der Waals surface area contributed by atoms with Gasteiger partial charge in [0.2, 0.25) is 0 Å². The molecule has 126 valence electrons. The largest absolute Gasteiger partial charge is 0.508 e. The van der Waals surface area contributed by atoms with Crippen LogP contribution in [0.5, 0.6) is 5.75 Å². The minimum Gasteiger partial charge on any atom is -0.508 e. The van der Waals surface area contributed by atoms with Gasteiger partial charge in [-0.1, -0.05) is 30.3 Å². The predicted octanol–water partition coefficient (Wildman–Crippen LogP) is 2.69. The van der Waals surface area contributed by atoms with Crippen molar-refractivity contribution in [2.75, 3.05) is 11.9 Å². The fraction of sp³-hybridized carbons (Fsp3) is 0.222. The summed E-state index contributed by atoms with van der Waals surface area (Å²) in [5.74, 6) is -0.366. The van der Waals surface area contributed by atoms with Gasteiger partial charge in [0.15, 0.2) is 0 Å². The van der Waals surface area contributed by atoms with Crippen molar-refractivity contribution in [2.45, 2.75) is 19.4 Å². The van der Waals surface area contributed by atoms with E-state index in [0.29, 0.717) is 5.69 Å². The monoisotopic (exact) mass is 328 g/mol. The molecule has 2 aromatic rings. The number of rotatable bonds is 6. The maximum Gasteiger partial charge on any atom is 0.329 e. The minimum atomic E-state index is -0.821. The Morgan fingerprint density at radius 2 is 1.75 bits per heavy atom. The first-order chi connectivity index (χ1) is 11.6. The smallest absolute Gasteiger partial charge is 0.329 e. The van der Waals surface area contributed by atoms with E-state index in [-0.39, 0.29) is 18.8 Å². The van der Waals surface area contributed by atoms with Crippen LogP contribution in [0.3, 0.4) is 0 Å². The van der Waals surface area contributed by atoms with Crippen molar-refractivity contribution in [1.29, 1.82) is 0 Å². The van der Waals surface area contributed by atoms with Gasteiger partial charge in [-0.2, -0.15) is 0 Å². The van der Waals surface area contributed by atoms with Gasteiger partial charge in [0, 0.05) is 12.1 Å². The van der Waals surface area contributed by atoms with Crippen LogP contribution in [0.4, 0.5) is 10.5 Å². The molecule has 0 saturated carbocycles. The van der Waals surface area contributed by atoms with E-state index < -0.39 is 18.0 Å². The molecule has 0 bridgehead atoms. The lowest BCUT2D eigenvalue weighted by Crippen LogP contribution is -2.45. The number of amides is 2. The highest BCUT2D eigenvalue weighted by atomic mass is 16.5. The number of benzene rings is 2. The highest BCUT2D eigenvalue weighted by Gasteiger charge is 2.22. The van der Waals surface area contributed by atoms with Crippen LogP contribution in [-0.2, 0) is 16.0 Å². The number of nitrogens with one attached hydrogen (secondary N) is 2. The van der Waals surface area contributed by atoms with Crippen LogP contribution in [0.25, 0.3) is 0 Å².